The number of phenols is 1. The van der Waals surface area contributed by atoms with Gasteiger partial charge in [-0.25, -0.2) is 4.79 Å². The maximum Gasteiger partial charge on any atom is 0.326 e. The second-order valence-electron chi connectivity index (χ2n) is 8.79. The third-order valence-corrected chi connectivity index (χ3v) is 5.29. The van der Waals surface area contributed by atoms with E-state index in [1.807, 2.05) is 0 Å². The van der Waals surface area contributed by atoms with E-state index in [9.17, 15) is 29.4 Å². The number of phenolic OH excluding ortho intramolecular Hbond substituents is 1. The van der Waals surface area contributed by atoms with Crippen LogP contribution in [-0.4, -0.2) is 70.6 Å². The van der Waals surface area contributed by atoms with Crippen LogP contribution in [0, 0.1) is 5.92 Å². The highest BCUT2D eigenvalue weighted by Gasteiger charge is 2.29. The molecule has 1 aromatic carbocycles. The molecule has 1 aromatic rings. The molecule has 0 bridgehead atoms. The van der Waals surface area contributed by atoms with E-state index >= 15 is 0 Å². The molecule has 0 saturated heterocycles. The van der Waals surface area contributed by atoms with Gasteiger partial charge in [0, 0.05) is 6.54 Å². The average Bonchev–Trinajstić information content (AvgIpc) is 2.79. The van der Waals surface area contributed by atoms with E-state index in [1.165, 1.54) is 19.1 Å². The maximum atomic E-state index is 12.9. The Kier molecular flexibility index (Phi) is 12.2. The molecular formula is C23H37N7O6. The third-order valence-electron chi connectivity index (χ3n) is 5.29. The van der Waals surface area contributed by atoms with Crippen LogP contribution >= 0.6 is 0 Å². The van der Waals surface area contributed by atoms with Gasteiger partial charge in [-0.2, -0.15) is 0 Å². The highest BCUT2D eigenvalue weighted by Crippen LogP contribution is 2.11. The standard InChI is InChI=1S/C23H37N7O6/c1-12(2)18(22(35)36)30-19(32)13(3)28-21(34)17(5-4-10-27-23(25)26)29-20(33)16(24)11-14-6-8-15(31)9-7-14/h6-9,12-13,16-18,31H,4-5,10-11,24H2,1-3H3,(H,28,34)(H,29,33)(H,30,32)(H,35,36)(H4,25,26,27). The summed E-state index contributed by atoms with van der Waals surface area (Å²) in [5, 5.41) is 26.2. The number of hydrogen-bond acceptors (Lipinski definition) is 7. The Morgan fingerprint density at radius 1 is 0.944 bits per heavy atom. The monoisotopic (exact) mass is 507 g/mol. The minimum absolute atomic E-state index is 0.0792. The number of guanidine groups is 1. The molecule has 36 heavy (non-hydrogen) atoms. The smallest absolute Gasteiger partial charge is 0.326 e. The van der Waals surface area contributed by atoms with Crippen molar-refractivity contribution >= 4 is 29.7 Å². The van der Waals surface area contributed by atoms with Gasteiger partial charge < -0.3 is 43.4 Å². The number of carbonyl (C=O) groups is 4. The normalized spacial score (nSPS) is 14.1. The minimum atomic E-state index is -1.19. The van der Waals surface area contributed by atoms with Crippen LogP contribution in [0.25, 0.3) is 0 Å². The Hall–Kier alpha value is -3.87. The number of carbonyl (C=O) groups excluding carboxylic acids is 3. The number of amides is 3. The van der Waals surface area contributed by atoms with Crippen LogP contribution in [0.3, 0.4) is 0 Å². The van der Waals surface area contributed by atoms with E-state index < -0.39 is 47.9 Å². The van der Waals surface area contributed by atoms with Crippen molar-refractivity contribution in [1.82, 2.24) is 16.0 Å². The Morgan fingerprint density at radius 2 is 1.56 bits per heavy atom. The Balaban J connectivity index is 2.85. The van der Waals surface area contributed by atoms with Gasteiger partial charge >= 0.3 is 5.97 Å². The molecule has 0 heterocycles. The quantitative estimate of drug-likeness (QED) is 0.0832. The van der Waals surface area contributed by atoms with Crippen LogP contribution in [0.4, 0.5) is 0 Å². The van der Waals surface area contributed by atoms with Gasteiger partial charge in [-0.1, -0.05) is 26.0 Å². The Bertz CT molecular complexity index is 931. The van der Waals surface area contributed by atoms with Crippen molar-refractivity contribution < 1.29 is 29.4 Å². The van der Waals surface area contributed by atoms with Crippen molar-refractivity contribution in [3.8, 4) is 5.75 Å². The largest absolute Gasteiger partial charge is 0.508 e. The lowest BCUT2D eigenvalue weighted by atomic mass is 10.0. The molecule has 0 aliphatic rings. The van der Waals surface area contributed by atoms with Crippen molar-refractivity contribution in [2.75, 3.05) is 6.54 Å². The highest BCUT2D eigenvalue weighted by atomic mass is 16.4. The molecule has 4 unspecified atom stereocenters. The summed E-state index contributed by atoms with van der Waals surface area (Å²) >= 11 is 0. The molecule has 1 rings (SSSR count). The molecule has 11 N–H and O–H groups in total. The number of aromatic hydroxyl groups is 1. The van der Waals surface area contributed by atoms with Crippen LogP contribution in [0.5, 0.6) is 5.75 Å². The molecule has 200 valence electrons. The molecule has 4 atom stereocenters. The van der Waals surface area contributed by atoms with Crippen molar-refractivity contribution in [3.63, 3.8) is 0 Å². The van der Waals surface area contributed by atoms with Gasteiger partial charge in [0.25, 0.3) is 0 Å². The van der Waals surface area contributed by atoms with Crippen LogP contribution < -0.4 is 33.2 Å². The zero-order valence-electron chi connectivity index (χ0n) is 20.7. The molecule has 0 fully saturated rings. The lowest BCUT2D eigenvalue weighted by Gasteiger charge is -2.24. The van der Waals surface area contributed by atoms with E-state index in [1.54, 1.807) is 26.0 Å². The molecule has 0 aliphatic heterocycles. The number of aliphatic carboxylic acids is 1. The first-order valence-corrected chi connectivity index (χ1v) is 11.5. The lowest BCUT2D eigenvalue weighted by Crippen LogP contribution is -2.57. The summed E-state index contributed by atoms with van der Waals surface area (Å²) in [6, 6.07) is 1.98. The van der Waals surface area contributed by atoms with E-state index in [0.29, 0.717) is 12.0 Å². The van der Waals surface area contributed by atoms with Gasteiger partial charge in [0.2, 0.25) is 17.7 Å². The SMILES string of the molecule is CC(NC(=O)C(CCCN=C(N)N)NC(=O)C(N)Cc1ccc(O)cc1)C(=O)NC(C(=O)O)C(C)C. The first kappa shape index (κ1) is 30.2. The molecule has 0 radical (unpaired) electrons. The van der Waals surface area contributed by atoms with E-state index in [2.05, 4.69) is 20.9 Å². The van der Waals surface area contributed by atoms with Gasteiger partial charge in [-0.15, -0.1) is 0 Å². The molecule has 13 heteroatoms. The van der Waals surface area contributed by atoms with Gasteiger partial charge in [0.15, 0.2) is 5.96 Å². The van der Waals surface area contributed by atoms with E-state index in [0.717, 1.165) is 0 Å². The third kappa shape index (κ3) is 10.6. The van der Waals surface area contributed by atoms with Gasteiger partial charge in [0.05, 0.1) is 6.04 Å². The fourth-order valence-electron chi connectivity index (χ4n) is 3.20. The number of carboxylic acid groups (broad SMARTS) is 1. The predicted molar refractivity (Wildman–Crippen MR) is 134 cm³/mol. The highest BCUT2D eigenvalue weighted by molar-refractivity contribution is 5.94. The molecule has 3 amide bonds. The van der Waals surface area contributed by atoms with Gasteiger partial charge in [0.1, 0.15) is 23.9 Å². The first-order valence-electron chi connectivity index (χ1n) is 11.5. The Morgan fingerprint density at radius 3 is 2.08 bits per heavy atom. The molecule has 0 aliphatic carbocycles. The number of hydrogen-bond donors (Lipinski definition) is 8. The summed E-state index contributed by atoms with van der Waals surface area (Å²) in [6.07, 6.45) is 0.663. The summed E-state index contributed by atoms with van der Waals surface area (Å²) in [6.45, 7) is 4.91. The van der Waals surface area contributed by atoms with Crippen LogP contribution in [0.2, 0.25) is 0 Å². The van der Waals surface area contributed by atoms with Gasteiger partial charge in [-0.05, 0) is 49.8 Å². The van der Waals surface area contributed by atoms with E-state index in [4.69, 9.17) is 17.2 Å². The van der Waals surface area contributed by atoms with Crippen molar-refractivity contribution in [2.24, 2.45) is 28.1 Å². The van der Waals surface area contributed by atoms with Crippen molar-refractivity contribution in [2.45, 2.75) is 64.2 Å². The number of nitrogens with two attached hydrogens (primary N) is 3. The second kappa shape index (κ2) is 14.5. The zero-order valence-corrected chi connectivity index (χ0v) is 20.7. The van der Waals surface area contributed by atoms with Crippen molar-refractivity contribution in [3.05, 3.63) is 29.8 Å². The lowest BCUT2D eigenvalue weighted by molar-refractivity contribution is -0.143. The number of aliphatic imine (C=N–C) groups is 1. The number of rotatable bonds is 14. The minimum Gasteiger partial charge on any atom is -0.508 e. The van der Waals surface area contributed by atoms with Crippen molar-refractivity contribution in [1.29, 1.82) is 0 Å². The summed E-state index contributed by atoms with van der Waals surface area (Å²) in [4.78, 5) is 53.3. The number of nitrogens with zero attached hydrogens (tertiary/aromatic N) is 1. The van der Waals surface area contributed by atoms with Crippen LogP contribution in [0.15, 0.2) is 29.3 Å². The molecule has 0 saturated carbocycles. The summed E-state index contributed by atoms with van der Waals surface area (Å²) in [7, 11) is 0. The van der Waals surface area contributed by atoms with Crippen LogP contribution in [0.1, 0.15) is 39.2 Å². The maximum absolute atomic E-state index is 12.9. The summed E-state index contributed by atoms with van der Waals surface area (Å²) < 4.78 is 0. The van der Waals surface area contributed by atoms with Crippen LogP contribution in [-0.2, 0) is 25.6 Å². The fraction of sp³-hybridized carbons (Fsp3) is 0.522. The number of carboxylic acids is 1. The van der Waals surface area contributed by atoms with Gasteiger partial charge in [-0.3, -0.25) is 19.4 Å². The summed E-state index contributed by atoms with van der Waals surface area (Å²) in [5.74, 6) is -3.51. The molecular weight excluding hydrogens is 470 g/mol. The molecule has 13 nitrogen and oxygen atoms in total. The first-order chi connectivity index (χ1) is 16.8. The fourth-order valence-corrected chi connectivity index (χ4v) is 3.20. The predicted octanol–water partition coefficient (Wildman–Crippen LogP) is -1.47. The van der Waals surface area contributed by atoms with E-state index in [-0.39, 0.29) is 37.0 Å². The molecule has 0 spiro atoms. The number of nitrogens with one attached hydrogen (secondary N) is 3. The number of benzene rings is 1. The Labute approximate surface area is 209 Å². The topological polar surface area (TPSA) is 235 Å². The molecule has 0 aromatic heterocycles. The second-order valence-corrected chi connectivity index (χ2v) is 8.79. The zero-order chi connectivity index (χ0) is 27.4. The summed E-state index contributed by atoms with van der Waals surface area (Å²) in [5.41, 5.74) is 17.4. The average molecular weight is 508 g/mol.